The van der Waals surface area contributed by atoms with Gasteiger partial charge >= 0.3 is 6.03 Å². The number of halogens is 1. The number of hydrogen-bond donors (Lipinski definition) is 1. The number of rotatable bonds is 2. The maximum atomic E-state index is 12.4. The first kappa shape index (κ1) is 14.5. The number of carbonyl (C=O) groups excluding carboxylic acids is 2. The van der Waals surface area contributed by atoms with Crippen molar-refractivity contribution in [3.05, 3.63) is 28.5 Å². The molecule has 3 rings (SSSR count). The molecular weight excluding hydrogens is 350 g/mol. The number of fused-ring (bicyclic) bond motifs is 1. The fourth-order valence-electron chi connectivity index (χ4n) is 2.44. The zero-order valence-corrected chi connectivity index (χ0v) is 13.2. The van der Waals surface area contributed by atoms with Crippen molar-refractivity contribution in [3.8, 4) is 12.3 Å². The van der Waals surface area contributed by atoms with Crippen LogP contribution in [0.15, 0.2) is 27.9 Å². The summed E-state index contributed by atoms with van der Waals surface area (Å²) in [6.07, 6.45) is 6.28. The third-order valence-electron chi connectivity index (χ3n) is 3.56. The normalized spacial score (nSPS) is 23.8. The van der Waals surface area contributed by atoms with E-state index in [2.05, 4.69) is 37.1 Å². The van der Waals surface area contributed by atoms with E-state index in [-0.39, 0.29) is 12.5 Å². The number of urea groups is 1. The van der Waals surface area contributed by atoms with Gasteiger partial charge in [-0.25, -0.2) is 14.8 Å². The lowest BCUT2D eigenvalue weighted by atomic mass is 10.1. The Balaban J connectivity index is 1.91. The summed E-state index contributed by atoms with van der Waals surface area (Å²) in [5, 5.41) is 3.06. The van der Waals surface area contributed by atoms with E-state index in [1.54, 1.807) is 19.3 Å². The van der Waals surface area contributed by atoms with Crippen LogP contribution in [0, 0.1) is 12.3 Å². The van der Waals surface area contributed by atoms with Gasteiger partial charge in [-0.05, 0) is 28.1 Å². The van der Waals surface area contributed by atoms with Gasteiger partial charge < -0.3 is 10.2 Å². The summed E-state index contributed by atoms with van der Waals surface area (Å²) in [5.74, 6) is 2.49. The summed E-state index contributed by atoms with van der Waals surface area (Å²) < 4.78 is 0.704. The number of aromatic nitrogens is 1. The highest BCUT2D eigenvalue weighted by Crippen LogP contribution is 2.23. The molecule has 2 atom stereocenters. The van der Waals surface area contributed by atoms with Crippen molar-refractivity contribution in [2.75, 3.05) is 13.6 Å². The van der Waals surface area contributed by atoms with E-state index in [1.165, 1.54) is 4.90 Å². The van der Waals surface area contributed by atoms with Crippen LogP contribution in [0.25, 0.3) is 0 Å². The Kier molecular flexibility index (Phi) is 3.58. The van der Waals surface area contributed by atoms with Crippen molar-refractivity contribution in [1.29, 1.82) is 0 Å². The van der Waals surface area contributed by atoms with Crippen molar-refractivity contribution in [1.82, 2.24) is 20.1 Å². The molecule has 2 aliphatic heterocycles. The second kappa shape index (κ2) is 5.42. The molecule has 3 amide bonds. The van der Waals surface area contributed by atoms with Crippen LogP contribution in [0.3, 0.4) is 0 Å². The maximum absolute atomic E-state index is 12.4. The van der Waals surface area contributed by atoms with Crippen LogP contribution < -0.4 is 5.32 Å². The molecule has 0 spiro atoms. The van der Waals surface area contributed by atoms with Crippen LogP contribution in [0.4, 0.5) is 4.79 Å². The summed E-state index contributed by atoms with van der Waals surface area (Å²) in [6, 6.07) is 2.54. The number of amides is 3. The molecule has 0 saturated carbocycles. The SMILES string of the molecule is C#CCN1C(=O)C2NC(c3ccc(Br)nc3)=NC2N(C)C1=O. The third-order valence-corrected chi connectivity index (χ3v) is 4.03. The van der Waals surface area contributed by atoms with Crippen molar-refractivity contribution in [3.63, 3.8) is 0 Å². The van der Waals surface area contributed by atoms with E-state index in [9.17, 15) is 9.59 Å². The van der Waals surface area contributed by atoms with E-state index >= 15 is 0 Å². The van der Waals surface area contributed by atoms with Gasteiger partial charge in [0.2, 0.25) is 0 Å². The molecule has 0 aliphatic carbocycles. The molecule has 1 aromatic heterocycles. The van der Waals surface area contributed by atoms with Gasteiger partial charge in [0.1, 0.15) is 16.5 Å². The Bertz CT molecular complexity index is 709. The second-order valence-electron chi connectivity index (χ2n) is 4.90. The molecule has 112 valence electrons. The summed E-state index contributed by atoms with van der Waals surface area (Å²) in [7, 11) is 1.60. The highest BCUT2D eigenvalue weighted by Gasteiger charge is 2.48. The molecule has 7 nitrogen and oxygen atoms in total. The van der Waals surface area contributed by atoms with E-state index in [4.69, 9.17) is 6.42 Å². The summed E-state index contributed by atoms with van der Waals surface area (Å²) in [6.45, 7) is -0.0535. The molecule has 1 N–H and O–H groups in total. The molecule has 22 heavy (non-hydrogen) atoms. The number of carbonyl (C=O) groups is 2. The molecule has 0 radical (unpaired) electrons. The first-order valence-corrected chi connectivity index (χ1v) is 7.30. The first-order chi connectivity index (χ1) is 10.5. The highest BCUT2D eigenvalue weighted by molar-refractivity contribution is 9.10. The van der Waals surface area contributed by atoms with Gasteiger partial charge in [-0.1, -0.05) is 5.92 Å². The minimum atomic E-state index is -0.630. The lowest BCUT2D eigenvalue weighted by Crippen LogP contribution is -2.64. The van der Waals surface area contributed by atoms with Crippen molar-refractivity contribution >= 4 is 33.7 Å². The van der Waals surface area contributed by atoms with Gasteiger partial charge in [0.05, 0.1) is 6.54 Å². The van der Waals surface area contributed by atoms with E-state index < -0.39 is 18.2 Å². The van der Waals surface area contributed by atoms with E-state index in [0.717, 1.165) is 10.5 Å². The number of hydrogen-bond acceptors (Lipinski definition) is 5. The van der Waals surface area contributed by atoms with Crippen molar-refractivity contribution in [2.45, 2.75) is 12.2 Å². The van der Waals surface area contributed by atoms with Crippen LogP contribution in [0.5, 0.6) is 0 Å². The zero-order valence-electron chi connectivity index (χ0n) is 11.7. The monoisotopic (exact) mass is 361 g/mol. The van der Waals surface area contributed by atoms with Gasteiger partial charge in [-0.3, -0.25) is 9.69 Å². The average molecular weight is 362 g/mol. The van der Waals surface area contributed by atoms with Crippen LogP contribution in [-0.4, -0.2) is 58.4 Å². The molecule has 1 fully saturated rings. The standard InChI is InChI=1S/C14H12BrN5O2/c1-3-6-20-13(21)10-12(19(2)14(20)22)18-11(17-10)8-4-5-9(15)16-7-8/h1,4-5,7,10,12H,6H2,2H3,(H,17,18). The van der Waals surface area contributed by atoms with Crippen LogP contribution in [0.1, 0.15) is 5.56 Å². The smallest absolute Gasteiger partial charge is 0.329 e. The predicted octanol–water partition coefficient (Wildman–Crippen LogP) is 0.416. The summed E-state index contributed by atoms with van der Waals surface area (Å²) in [5.41, 5.74) is 0.745. The van der Waals surface area contributed by atoms with Crippen LogP contribution >= 0.6 is 15.9 Å². The van der Waals surface area contributed by atoms with Crippen LogP contribution in [-0.2, 0) is 4.79 Å². The molecule has 8 heteroatoms. The van der Waals surface area contributed by atoms with Gasteiger partial charge in [-0.15, -0.1) is 6.42 Å². The number of aliphatic imine (C=N–C) groups is 1. The Hall–Kier alpha value is -2.40. The van der Waals surface area contributed by atoms with E-state index in [0.29, 0.717) is 10.4 Å². The summed E-state index contributed by atoms with van der Waals surface area (Å²) >= 11 is 3.26. The van der Waals surface area contributed by atoms with Crippen molar-refractivity contribution in [2.24, 2.45) is 4.99 Å². The number of nitrogens with zero attached hydrogens (tertiary/aromatic N) is 4. The Morgan fingerprint density at radius 2 is 2.23 bits per heavy atom. The number of nitrogens with one attached hydrogen (secondary N) is 1. The van der Waals surface area contributed by atoms with Gasteiger partial charge in [0, 0.05) is 18.8 Å². The second-order valence-corrected chi connectivity index (χ2v) is 5.72. The Labute approximate surface area is 135 Å². The maximum Gasteiger partial charge on any atom is 0.329 e. The lowest BCUT2D eigenvalue weighted by molar-refractivity contribution is -0.133. The molecule has 3 heterocycles. The predicted molar refractivity (Wildman–Crippen MR) is 82.9 cm³/mol. The first-order valence-electron chi connectivity index (χ1n) is 6.51. The van der Waals surface area contributed by atoms with Gasteiger partial charge in [-0.2, -0.15) is 0 Å². The number of terminal acetylenes is 1. The molecule has 2 aliphatic rings. The number of imide groups is 1. The average Bonchev–Trinajstić information content (AvgIpc) is 2.96. The zero-order chi connectivity index (χ0) is 15.9. The fourth-order valence-corrected chi connectivity index (χ4v) is 2.68. The number of likely N-dealkylation sites (N-methyl/N-ethyl adjacent to an activating group) is 1. The molecule has 1 aromatic rings. The molecule has 1 saturated heterocycles. The molecule has 2 unspecified atom stereocenters. The Morgan fingerprint density at radius 1 is 1.45 bits per heavy atom. The minimum Gasteiger partial charge on any atom is -0.355 e. The summed E-state index contributed by atoms with van der Waals surface area (Å²) in [4.78, 5) is 35.6. The van der Waals surface area contributed by atoms with Gasteiger partial charge in [0.15, 0.2) is 6.17 Å². The van der Waals surface area contributed by atoms with E-state index in [1.807, 2.05) is 6.07 Å². The minimum absolute atomic E-state index is 0.0535. The number of pyridine rings is 1. The Morgan fingerprint density at radius 3 is 2.86 bits per heavy atom. The number of amidine groups is 1. The topological polar surface area (TPSA) is 77.9 Å². The molecule has 0 aromatic carbocycles. The largest absolute Gasteiger partial charge is 0.355 e. The highest BCUT2D eigenvalue weighted by atomic mass is 79.9. The fraction of sp³-hybridized carbons (Fsp3) is 0.286. The quantitative estimate of drug-likeness (QED) is 0.611. The van der Waals surface area contributed by atoms with Crippen LogP contribution in [0.2, 0.25) is 0 Å². The van der Waals surface area contributed by atoms with Gasteiger partial charge in [0.25, 0.3) is 5.91 Å². The molecule has 0 bridgehead atoms. The molecular formula is C14H12BrN5O2. The lowest BCUT2D eigenvalue weighted by Gasteiger charge is -2.37. The third kappa shape index (κ3) is 2.23. The van der Waals surface area contributed by atoms with Crippen molar-refractivity contribution < 1.29 is 9.59 Å².